The van der Waals surface area contributed by atoms with Crippen LogP contribution in [0, 0.1) is 17.0 Å². The lowest BCUT2D eigenvalue weighted by Crippen LogP contribution is -2.40. The highest BCUT2D eigenvalue weighted by atomic mass is 32.2. The van der Waals surface area contributed by atoms with Gasteiger partial charge in [-0.15, -0.1) is 0 Å². The molecule has 1 fully saturated rings. The zero-order valence-electron chi connectivity index (χ0n) is 15.9. The first-order chi connectivity index (χ1) is 13.9. The van der Waals surface area contributed by atoms with Crippen LogP contribution < -0.4 is 9.47 Å². The predicted molar refractivity (Wildman–Crippen MR) is 105 cm³/mol. The third-order valence-corrected chi connectivity index (χ3v) is 6.23. The Kier molecular flexibility index (Phi) is 6.68. The number of nitrogens with zero attached hydrogens (tertiary/aromatic N) is 2. The minimum Gasteiger partial charge on any atom is -0.490 e. The van der Waals surface area contributed by atoms with Crippen molar-refractivity contribution in [1.29, 1.82) is 0 Å². The smallest absolute Gasteiger partial charge is 0.312 e. The number of sulfonamides is 1. The number of nitro groups is 1. The third-order valence-electron chi connectivity index (χ3n) is 4.33. The molecule has 29 heavy (non-hydrogen) atoms. The molecule has 0 N–H and O–H groups in total. The normalized spacial score (nSPS) is 15.1. The van der Waals surface area contributed by atoms with Gasteiger partial charge in [0.05, 0.1) is 23.0 Å². The minimum absolute atomic E-state index is 0.0104. The highest BCUT2D eigenvalue weighted by Crippen LogP contribution is 2.31. The first kappa shape index (κ1) is 21.0. The second kappa shape index (κ2) is 9.21. The molecule has 1 aliphatic heterocycles. The molecule has 2 aromatic rings. The molecule has 9 nitrogen and oxygen atoms in total. The molecule has 0 aromatic heterocycles. The number of benzene rings is 2. The molecule has 156 valence electrons. The number of nitro benzene ring substituents is 1. The second-order valence-electron chi connectivity index (χ2n) is 6.42. The standard InChI is InChI=1S/C19H22N2O7S/c1-15-3-2-4-16(13-15)27-11-12-28-19-6-5-17(14-18(19)21(22)23)29(24,25)20-7-9-26-10-8-20/h2-6,13-14H,7-12H2,1H3. The quantitative estimate of drug-likeness (QED) is 0.365. The van der Waals surface area contributed by atoms with Gasteiger partial charge >= 0.3 is 5.69 Å². The fourth-order valence-electron chi connectivity index (χ4n) is 2.87. The van der Waals surface area contributed by atoms with E-state index in [2.05, 4.69) is 0 Å². The van der Waals surface area contributed by atoms with Crippen LogP contribution in [-0.2, 0) is 14.8 Å². The summed E-state index contributed by atoms with van der Waals surface area (Å²) in [7, 11) is -3.83. The third kappa shape index (κ3) is 5.22. The Morgan fingerprint density at radius 1 is 1.10 bits per heavy atom. The molecule has 0 unspecified atom stereocenters. The van der Waals surface area contributed by atoms with Gasteiger partial charge in [0.25, 0.3) is 0 Å². The van der Waals surface area contributed by atoms with Gasteiger partial charge in [0.2, 0.25) is 10.0 Å². The summed E-state index contributed by atoms with van der Waals surface area (Å²) >= 11 is 0. The Bertz CT molecular complexity index is 972. The molecule has 1 saturated heterocycles. The zero-order valence-corrected chi connectivity index (χ0v) is 16.8. The minimum atomic E-state index is -3.83. The molecule has 1 heterocycles. The van der Waals surface area contributed by atoms with Gasteiger partial charge in [0, 0.05) is 19.2 Å². The van der Waals surface area contributed by atoms with Gasteiger partial charge < -0.3 is 14.2 Å². The van der Waals surface area contributed by atoms with Crippen LogP contribution >= 0.6 is 0 Å². The Labute approximate surface area is 169 Å². The molecule has 0 bridgehead atoms. The van der Waals surface area contributed by atoms with E-state index in [1.54, 1.807) is 6.07 Å². The topological polar surface area (TPSA) is 108 Å². The maximum absolute atomic E-state index is 12.7. The summed E-state index contributed by atoms with van der Waals surface area (Å²) in [6, 6.07) is 11.1. The molecule has 0 saturated carbocycles. The van der Waals surface area contributed by atoms with Gasteiger partial charge in [-0.25, -0.2) is 8.42 Å². The van der Waals surface area contributed by atoms with Gasteiger partial charge in [-0.3, -0.25) is 10.1 Å². The summed E-state index contributed by atoms with van der Waals surface area (Å²) in [5.41, 5.74) is 0.644. The van der Waals surface area contributed by atoms with Gasteiger partial charge in [-0.2, -0.15) is 4.31 Å². The fraction of sp³-hybridized carbons (Fsp3) is 0.368. The lowest BCUT2D eigenvalue weighted by atomic mass is 10.2. The monoisotopic (exact) mass is 422 g/mol. The largest absolute Gasteiger partial charge is 0.490 e. The molecular formula is C19H22N2O7S. The summed E-state index contributed by atoms with van der Waals surface area (Å²) < 4.78 is 42.9. The molecule has 10 heteroatoms. The van der Waals surface area contributed by atoms with E-state index in [1.165, 1.54) is 16.4 Å². The van der Waals surface area contributed by atoms with Crippen molar-refractivity contribution in [2.24, 2.45) is 0 Å². The summed E-state index contributed by atoms with van der Waals surface area (Å²) in [5, 5.41) is 11.4. The molecule has 1 aliphatic rings. The van der Waals surface area contributed by atoms with Crippen LogP contribution in [0.2, 0.25) is 0 Å². The van der Waals surface area contributed by atoms with E-state index < -0.39 is 20.6 Å². The van der Waals surface area contributed by atoms with Gasteiger partial charge in [-0.1, -0.05) is 12.1 Å². The molecule has 0 radical (unpaired) electrons. The lowest BCUT2D eigenvalue weighted by Gasteiger charge is -2.26. The predicted octanol–water partition coefficient (Wildman–Crippen LogP) is 2.38. The summed E-state index contributed by atoms with van der Waals surface area (Å²) in [4.78, 5) is 10.6. The van der Waals surface area contributed by atoms with Crippen molar-refractivity contribution in [3.05, 3.63) is 58.1 Å². The Hall–Kier alpha value is -2.69. The van der Waals surface area contributed by atoms with Crippen LogP contribution in [0.3, 0.4) is 0 Å². The van der Waals surface area contributed by atoms with E-state index in [4.69, 9.17) is 14.2 Å². The van der Waals surface area contributed by atoms with Crippen LogP contribution in [0.5, 0.6) is 11.5 Å². The summed E-state index contributed by atoms with van der Waals surface area (Å²) in [6.07, 6.45) is 0. The van der Waals surface area contributed by atoms with Gasteiger partial charge in [-0.05, 0) is 36.8 Å². The van der Waals surface area contributed by atoms with Crippen molar-refractivity contribution in [2.45, 2.75) is 11.8 Å². The van der Waals surface area contributed by atoms with Crippen LogP contribution in [0.25, 0.3) is 0 Å². The van der Waals surface area contributed by atoms with Crippen molar-refractivity contribution < 1.29 is 27.6 Å². The molecule has 3 rings (SSSR count). The Morgan fingerprint density at radius 2 is 1.83 bits per heavy atom. The first-order valence-electron chi connectivity index (χ1n) is 9.06. The number of ether oxygens (including phenoxy) is 3. The number of aryl methyl sites for hydroxylation is 1. The number of hydrogen-bond donors (Lipinski definition) is 0. The van der Waals surface area contributed by atoms with E-state index in [0.29, 0.717) is 19.0 Å². The van der Waals surface area contributed by atoms with Crippen molar-refractivity contribution in [2.75, 3.05) is 39.5 Å². The maximum Gasteiger partial charge on any atom is 0.312 e. The first-order valence-corrected chi connectivity index (χ1v) is 10.5. The molecular weight excluding hydrogens is 400 g/mol. The van der Waals surface area contributed by atoms with Crippen molar-refractivity contribution in [3.63, 3.8) is 0 Å². The van der Waals surface area contributed by atoms with E-state index >= 15 is 0 Å². The van der Waals surface area contributed by atoms with Crippen LogP contribution in [-0.4, -0.2) is 57.2 Å². The highest BCUT2D eigenvalue weighted by molar-refractivity contribution is 7.89. The zero-order chi connectivity index (χ0) is 20.9. The van der Waals surface area contributed by atoms with Crippen LogP contribution in [0.1, 0.15) is 5.56 Å². The average Bonchev–Trinajstić information content (AvgIpc) is 2.72. The van der Waals surface area contributed by atoms with Crippen molar-refractivity contribution in [3.8, 4) is 11.5 Å². The lowest BCUT2D eigenvalue weighted by molar-refractivity contribution is -0.386. The van der Waals surface area contributed by atoms with E-state index in [0.717, 1.165) is 11.6 Å². The molecule has 0 spiro atoms. The number of morpholine rings is 1. The van der Waals surface area contributed by atoms with Crippen molar-refractivity contribution in [1.82, 2.24) is 4.31 Å². The van der Waals surface area contributed by atoms with E-state index in [1.807, 2.05) is 25.1 Å². The maximum atomic E-state index is 12.7. The average molecular weight is 422 g/mol. The molecule has 0 amide bonds. The Morgan fingerprint density at radius 3 is 2.52 bits per heavy atom. The fourth-order valence-corrected chi connectivity index (χ4v) is 4.30. The SMILES string of the molecule is Cc1cccc(OCCOc2ccc(S(=O)(=O)N3CCOCC3)cc2[N+](=O)[O-])c1. The highest BCUT2D eigenvalue weighted by Gasteiger charge is 2.29. The van der Waals surface area contributed by atoms with Crippen LogP contribution in [0.15, 0.2) is 47.4 Å². The summed E-state index contributed by atoms with van der Waals surface area (Å²) in [6.45, 7) is 3.22. The number of rotatable bonds is 8. The molecule has 2 aromatic carbocycles. The molecule has 0 atom stereocenters. The van der Waals surface area contributed by atoms with E-state index in [-0.39, 0.29) is 36.9 Å². The molecule has 0 aliphatic carbocycles. The Balaban J connectivity index is 1.68. The second-order valence-corrected chi connectivity index (χ2v) is 8.35. The van der Waals surface area contributed by atoms with E-state index in [9.17, 15) is 18.5 Å². The van der Waals surface area contributed by atoms with Gasteiger partial charge in [0.1, 0.15) is 19.0 Å². The van der Waals surface area contributed by atoms with Crippen LogP contribution in [0.4, 0.5) is 5.69 Å². The van der Waals surface area contributed by atoms with Gasteiger partial charge in [0.15, 0.2) is 5.75 Å². The van der Waals surface area contributed by atoms with Crippen molar-refractivity contribution >= 4 is 15.7 Å². The number of hydrogen-bond acceptors (Lipinski definition) is 7. The summed E-state index contributed by atoms with van der Waals surface area (Å²) in [5.74, 6) is 0.666.